The number of methoxy groups -OCH3 is 2. The molecule has 0 bridgehead atoms. The number of anilines is 1. The first-order valence-corrected chi connectivity index (χ1v) is 9.08. The van der Waals surface area contributed by atoms with Crippen LogP contribution in [0.5, 0.6) is 11.5 Å². The van der Waals surface area contributed by atoms with Crippen LogP contribution in [0.15, 0.2) is 42.5 Å². The van der Waals surface area contributed by atoms with Gasteiger partial charge in [0.1, 0.15) is 22.8 Å². The second-order valence-corrected chi connectivity index (χ2v) is 6.81. The first-order chi connectivity index (χ1) is 12.7. The van der Waals surface area contributed by atoms with E-state index in [4.69, 9.17) is 14.5 Å². The maximum atomic E-state index is 5.54. The van der Waals surface area contributed by atoms with Gasteiger partial charge < -0.3 is 14.8 Å². The van der Waals surface area contributed by atoms with Crippen molar-refractivity contribution < 1.29 is 9.47 Å². The monoisotopic (exact) mass is 348 g/mol. The molecule has 0 aliphatic heterocycles. The van der Waals surface area contributed by atoms with Crippen LogP contribution in [-0.2, 0) is 6.42 Å². The van der Waals surface area contributed by atoms with Crippen LogP contribution >= 0.6 is 0 Å². The van der Waals surface area contributed by atoms with E-state index >= 15 is 0 Å². The highest BCUT2D eigenvalue weighted by molar-refractivity contribution is 5.94. The van der Waals surface area contributed by atoms with Crippen LogP contribution in [0.3, 0.4) is 0 Å². The number of nitrogens with one attached hydrogen (secondary N) is 1. The summed E-state index contributed by atoms with van der Waals surface area (Å²) in [5.74, 6) is 2.46. The first-order valence-electron chi connectivity index (χ1n) is 9.08. The van der Waals surface area contributed by atoms with Crippen molar-refractivity contribution in [2.75, 3.05) is 19.5 Å². The topological polar surface area (TPSA) is 43.4 Å². The summed E-state index contributed by atoms with van der Waals surface area (Å²) in [7, 11) is 3.36. The molecule has 1 heterocycles. The largest absolute Gasteiger partial charge is 0.496 e. The number of hydrogen-bond acceptors (Lipinski definition) is 4. The minimum atomic E-state index is 0.293. The van der Waals surface area contributed by atoms with Crippen molar-refractivity contribution in [1.29, 1.82) is 0 Å². The Labute approximate surface area is 154 Å². The molecule has 4 rings (SSSR count). The van der Waals surface area contributed by atoms with Crippen LogP contribution in [-0.4, -0.2) is 19.2 Å². The number of hydrogen-bond donors (Lipinski definition) is 1. The van der Waals surface area contributed by atoms with Crippen LogP contribution < -0.4 is 14.8 Å². The van der Waals surface area contributed by atoms with Crippen LogP contribution in [0.2, 0.25) is 0 Å². The Morgan fingerprint density at radius 2 is 1.81 bits per heavy atom. The molecule has 0 saturated carbocycles. The summed E-state index contributed by atoms with van der Waals surface area (Å²) < 4.78 is 11.1. The summed E-state index contributed by atoms with van der Waals surface area (Å²) in [6.07, 6.45) is 3.47. The first kappa shape index (κ1) is 16.7. The van der Waals surface area contributed by atoms with Gasteiger partial charge in [-0.1, -0.05) is 24.3 Å². The van der Waals surface area contributed by atoms with Gasteiger partial charge in [0.25, 0.3) is 0 Å². The normalized spacial score (nSPS) is 16.2. The molecule has 4 nitrogen and oxygen atoms in total. The lowest BCUT2D eigenvalue weighted by molar-refractivity contribution is 0.409. The van der Waals surface area contributed by atoms with Crippen molar-refractivity contribution in [3.05, 3.63) is 59.2 Å². The minimum Gasteiger partial charge on any atom is -0.496 e. The molecule has 3 aromatic rings. The van der Waals surface area contributed by atoms with Gasteiger partial charge in [0.15, 0.2) is 0 Å². The quantitative estimate of drug-likeness (QED) is 0.716. The van der Waals surface area contributed by atoms with E-state index in [2.05, 4.69) is 42.6 Å². The molecule has 2 aromatic carbocycles. The van der Waals surface area contributed by atoms with Crippen molar-refractivity contribution in [2.24, 2.45) is 0 Å². The standard InChI is InChI=1S/C22H24N2O2/c1-14-13-20(23-17-10-6-8-15-7-4-5-9-16(15)17)24-22-19(26-3)12-11-18(25-2)21(14)22/h4-5,7,9,11-13,17H,6,8,10H2,1-3H3,(H,23,24). The number of benzene rings is 2. The third kappa shape index (κ3) is 2.85. The van der Waals surface area contributed by atoms with E-state index in [1.807, 2.05) is 12.1 Å². The summed E-state index contributed by atoms with van der Waals surface area (Å²) in [6, 6.07) is 14.9. The smallest absolute Gasteiger partial charge is 0.145 e. The number of nitrogens with zero attached hydrogens (tertiary/aromatic N) is 1. The fraction of sp³-hybridized carbons (Fsp3) is 0.318. The van der Waals surface area contributed by atoms with E-state index in [0.29, 0.717) is 6.04 Å². The molecule has 1 aromatic heterocycles. The van der Waals surface area contributed by atoms with Gasteiger partial charge in [-0.25, -0.2) is 4.98 Å². The maximum absolute atomic E-state index is 5.54. The number of rotatable bonds is 4. The van der Waals surface area contributed by atoms with E-state index < -0.39 is 0 Å². The van der Waals surface area contributed by atoms with Gasteiger partial charge in [-0.2, -0.15) is 0 Å². The second kappa shape index (κ2) is 6.87. The van der Waals surface area contributed by atoms with Crippen LogP contribution in [0.25, 0.3) is 10.9 Å². The van der Waals surface area contributed by atoms with Crippen molar-refractivity contribution in [1.82, 2.24) is 4.98 Å². The van der Waals surface area contributed by atoms with Gasteiger partial charge in [-0.3, -0.25) is 0 Å². The molecule has 1 unspecified atom stereocenters. The van der Waals surface area contributed by atoms with E-state index in [1.165, 1.54) is 17.5 Å². The van der Waals surface area contributed by atoms with E-state index in [0.717, 1.165) is 46.6 Å². The van der Waals surface area contributed by atoms with Crippen LogP contribution in [0, 0.1) is 6.92 Å². The third-order valence-corrected chi connectivity index (χ3v) is 5.21. The summed E-state index contributed by atoms with van der Waals surface area (Å²) >= 11 is 0. The number of ether oxygens (including phenoxy) is 2. The molecule has 134 valence electrons. The average molecular weight is 348 g/mol. The molecule has 4 heteroatoms. The molecular formula is C22H24N2O2. The van der Waals surface area contributed by atoms with Crippen molar-refractivity contribution in [3.63, 3.8) is 0 Å². The minimum absolute atomic E-state index is 0.293. The van der Waals surface area contributed by atoms with E-state index in [1.54, 1.807) is 14.2 Å². The molecule has 1 aliphatic carbocycles. The van der Waals surface area contributed by atoms with E-state index in [9.17, 15) is 0 Å². The third-order valence-electron chi connectivity index (χ3n) is 5.21. The molecule has 1 N–H and O–H groups in total. The van der Waals surface area contributed by atoms with Gasteiger partial charge in [0.05, 0.1) is 20.3 Å². The van der Waals surface area contributed by atoms with Crippen LogP contribution in [0.1, 0.15) is 35.6 Å². The molecule has 0 amide bonds. The predicted molar refractivity (Wildman–Crippen MR) is 105 cm³/mol. The summed E-state index contributed by atoms with van der Waals surface area (Å²) in [5, 5.41) is 4.65. The van der Waals surface area contributed by atoms with Gasteiger partial charge in [0.2, 0.25) is 0 Å². The Bertz CT molecular complexity index is 952. The Morgan fingerprint density at radius 3 is 2.62 bits per heavy atom. The zero-order valence-electron chi connectivity index (χ0n) is 15.5. The fourth-order valence-corrected chi connectivity index (χ4v) is 3.97. The molecule has 1 aliphatic rings. The zero-order chi connectivity index (χ0) is 18.1. The van der Waals surface area contributed by atoms with Gasteiger partial charge >= 0.3 is 0 Å². The van der Waals surface area contributed by atoms with E-state index in [-0.39, 0.29) is 0 Å². The molecule has 26 heavy (non-hydrogen) atoms. The number of pyridine rings is 1. The summed E-state index contributed by atoms with van der Waals surface area (Å²) in [4.78, 5) is 4.87. The second-order valence-electron chi connectivity index (χ2n) is 6.81. The predicted octanol–water partition coefficient (Wildman–Crippen LogP) is 5.05. The number of aryl methyl sites for hydroxylation is 2. The maximum Gasteiger partial charge on any atom is 0.145 e. The summed E-state index contributed by atoms with van der Waals surface area (Å²) in [5.41, 5.74) is 4.78. The van der Waals surface area contributed by atoms with Crippen LogP contribution in [0.4, 0.5) is 5.82 Å². The fourth-order valence-electron chi connectivity index (χ4n) is 3.97. The lowest BCUT2D eigenvalue weighted by atomic mass is 9.88. The molecule has 0 saturated heterocycles. The molecule has 0 spiro atoms. The highest BCUT2D eigenvalue weighted by atomic mass is 16.5. The van der Waals surface area contributed by atoms with Crippen molar-refractivity contribution in [3.8, 4) is 11.5 Å². The van der Waals surface area contributed by atoms with Crippen molar-refractivity contribution >= 4 is 16.7 Å². The number of fused-ring (bicyclic) bond motifs is 2. The molecule has 0 fully saturated rings. The number of aromatic nitrogens is 1. The Hall–Kier alpha value is -2.75. The van der Waals surface area contributed by atoms with Gasteiger partial charge in [0, 0.05) is 5.39 Å². The molecular weight excluding hydrogens is 324 g/mol. The Morgan fingerprint density at radius 1 is 1.04 bits per heavy atom. The van der Waals surface area contributed by atoms with Gasteiger partial charge in [-0.15, -0.1) is 0 Å². The van der Waals surface area contributed by atoms with Gasteiger partial charge in [-0.05, 0) is 61.1 Å². The highest BCUT2D eigenvalue weighted by Crippen LogP contribution is 2.37. The SMILES string of the molecule is COc1ccc(OC)c2c(C)cc(NC3CCCc4ccccc43)nc12. The average Bonchev–Trinajstić information content (AvgIpc) is 2.67. The molecule has 0 radical (unpaired) electrons. The lowest BCUT2D eigenvalue weighted by Gasteiger charge is -2.27. The zero-order valence-corrected chi connectivity index (χ0v) is 15.5. The summed E-state index contributed by atoms with van der Waals surface area (Å²) in [6.45, 7) is 2.09. The molecule has 1 atom stereocenters. The Kier molecular flexibility index (Phi) is 4.41. The van der Waals surface area contributed by atoms with Crippen molar-refractivity contribution in [2.45, 2.75) is 32.2 Å². The Balaban J connectivity index is 1.77. The highest BCUT2D eigenvalue weighted by Gasteiger charge is 2.21. The lowest BCUT2D eigenvalue weighted by Crippen LogP contribution is -2.18.